The lowest BCUT2D eigenvalue weighted by Crippen LogP contribution is -2.35. The Labute approximate surface area is 316 Å². The summed E-state index contributed by atoms with van der Waals surface area (Å²) in [6.45, 7) is 0. The molecule has 2 unspecified atom stereocenters. The maximum absolute atomic E-state index is 14.4. The number of carbonyl (C=O) groups excluding carboxylic acids is 4. The molecule has 12 heteroatoms. The molecular formula is C44H26O12. The third-order valence-electron chi connectivity index (χ3n) is 10.7. The van der Waals surface area contributed by atoms with Crippen LogP contribution in [0.2, 0.25) is 0 Å². The number of fused-ring (bicyclic) bond motifs is 12. The van der Waals surface area contributed by atoms with E-state index in [1.54, 1.807) is 48.5 Å². The molecule has 0 bridgehead atoms. The SMILES string of the molecule is O=C1OC2(c3ccc(O)cc3Oc3cc(O)cc(C(=O)CCC(=O)c4cc(O)cc5c4C4(OC(=O)c6ccccc64)c4ccc(O)cc4O5)c32)c2ccccc21. The Kier molecular flexibility index (Phi) is 6.75. The van der Waals surface area contributed by atoms with E-state index in [1.165, 1.54) is 60.7 Å². The fourth-order valence-electron chi connectivity index (χ4n) is 8.51. The molecule has 56 heavy (non-hydrogen) atoms. The van der Waals surface area contributed by atoms with Crippen LogP contribution >= 0.6 is 0 Å². The summed E-state index contributed by atoms with van der Waals surface area (Å²) in [7, 11) is 0. The number of esters is 2. The van der Waals surface area contributed by atoms with Gasteiger partial charge in [-0.15, -0.1) is 0 Å². The summed E-state index contributed by atoms with van der Waals surface area (Å²) < 4.78 is 24.6. The first kappa shape index (κ1) is 33.0. The molecule has 0 aromatic heterocycles. The van der Waals surface area contributed by atoms with Gasteiger partial charge in [0.05, 0.1) is 22.3 Å². The molecule has 0 saturated carbocycles. The number of ketones is 2. The number of hydrogen-bond donors (Lipinski definition) is 4. The van der Waals surface area contributed by atoms with E-state index in [0.29, 0.717) is 22.3 Å². The highest BCUT2D eigenvalue weighted by molar-refractivity contribution is 6.07. The van der Waals surface area contributed by atoms with Crippen molar-refractivity contribution in [2.24, 2.45) is 0 Å². The summed E-state index contributed by atoms with van der Waals surface area (Å²) in [5.74, 6) is -3.25. The number of phenolic OH excluding ortho intramolecular Hbond substituents is 4. The fraction of sp³-hybridized carbons (Fsp3) is 0.0909. The number of ether oxygens (including phenoxy) is 4. The summed E-state index contributed by atoms with van der Waals surface area (Å²) in [5.41, 5.74) is -1.38. The quantitative estimate of drug-likeness (QED) is 0.101. The van der Waals surface area contributed by atoms with Crippen molar-refractivity contribution in [2.75, 3.05) is 0 Å². The molecule has 6 aromatic rings. The van der Waals surface area contributed by atoms with Gasteiger partial charge in [-0.1, -0.05) is 36.4 Å². The monoisotopic (exact) mass is 746 g/mol. The van der Waals surface area contributed by atoms with Crippen LogP contribution in [0.3, 0.4) is 0 Å². The van der Waals surface area contributed by atoms with E-state index in [2.05, 4.69) is 0 Å². The predicted molar refractivity (Wildman–Crippen MR) is 194 cm³/mol. The Morgan fingerprint density at radius 3 is 1.29 bits per heavy atom. The van der Waals surface area contributed by atoms with Gasteiger partial charge in [0.2, 0.25) is 0 Å². The Hall–Kier alpha value is -7.60. The molecule has 0 amide bonds. The van der Waals surface area contributed by atoms with Gasteiger partial charge in [-0.3, -0.25) is 9.59 Å². The van der Waals surface area contributed by atoms with Crippen molar-refractivity contribution in [3.8, 4) is 46.0 Å². The Bertz CT molecular complexity index is 2610. The van der Waals surface area contributed by atoms with E-state index < -0.39 is 47.5 Å². The zero-order valence-corrected chi connectivity index (χ0v) is 28.9. The van der Waals surface area contributed by atoms with Crippen LogP contribution < -0.4 is 9.47 Å². The fourth-order valence-corrected chi connectivity index (χ4v) is 8.51. The van der Waals surface area contributed by atoms with E-state index in [4.69, 9.17) is 18.9 Å². The molecule has 0 radical (unpaired) electrons. The minimum atomic E-state index is -1.72. The average Bonchev–Trinajstić information content (AvgIpc) is 3.63. The van der Waals surface area contributed by atoms with Crippen LogP contribution in [0.25, 0.3) is 0 Å². The van der Waals surface area contributed by atoms with Crippen molar-refractivity contribution in [1.29, 1.82) is 0 Å². The minimum Gasteiger partial charge on any atom is -0.508 e. The van der Waals surface area contributed by atoms with E-state index in [9.17, 15) is 39.6 Å². The molecule has 274 valence electrons. The van der Waals surface area contributed by atoms with Crippen LogP contribution in [0.4, 0.5) is 0 Å². The zero-order valence-electron chi connectivity index (χ0n) is 28.9. The third kappa shape index (κ3) is 4.40. The number of hydrogen-bond acceptors (Lipinski definition) is 12. The summed E-state index contributed by atoms with van der Waals surface area (Å²) >= 11 is 0. The van der Waals surface area contributed by atoms with Crippen LogP contribution in [0.15, 0.2) is 109 Å². The Balaban J connectivity index is 1.08. The highest BCUT2D eigenvalue weighted by Crippen LogP contribution is 2.60. The maximum atomic E-state index is 14.4. The van der Waals surface area contributed by atoms with Gasteiger partial charge in [-0.25, -0.2) is 9.59 Å². The predicted octanol–water partition coefficient (Wildman–Crippen LogP) is 7.49. The number of Topliss-reactive ketones (excluding diaryl/α,β-unsaturated/α-hetero) is 2. The van der Waals surface area contributed by atoms with Crippen molar-refractivity contribution in [2.45, 2.75) is 24.0 Å². The lowest BCUT2D eigenvalue weighted by atomic mass is 9.74. The molecule has 0 saturated heterocycles. The van der Waals surface area contributed by atoms with Crippen LogP contribution in [0.5, 0.6) is 46.0 Å². The second kappa shape index (κ2) is 11.5. The lowest BCUT2D eigenvalue weighted by Gasteiger charge is -2.38. The molecule has 10 rings (SSSR count). The molecule has 4 aliphatic heterocycles. The van der Waals surface area contributed by atoms with Gasteiger partial charge in [0.15, 0.2) is 22.8 Å². The van der Waals surface area contributed by atoms with E-state index in [0.717, 1.165) is 0 Å². The average molecular weight is 747 g/mol. The van der Waals surface area contributed by atoms with Gasteiger partial charge in [0.25, 0.3) is 0 Å². The molecule has 4 N–H and O–H groups in total. The van der Waals surface area contributed by atoms with Crippen molar-refractivity contribution in [3.05, 3.63) is 165 Å². The smallest absolute Gasteiger partial charge is 0.340 e. The Morgan fingerprint density at radius 1 is 0.464 bits per heavy atom. The summed E-state index contributed by atoms with van der Waals surface area (Å²) in [6, 6.07) is 26.9. The molecule has 2 atom stereocenters. The first-order valence-corrected chi connectivity index (χ1v) is 17.5. The molecular weight excluding hydrogens is 720 g/mol. The normalized spacial score (nSPS) is 19.0. The number of phenols is 4. The van der Waals surface area contributed by atoms with Crippen molar-refractivity contribution in [3.63, 3.8) is 0 Å². The van der Waals surface area contributed by atoms with Crippen LogP contribution in [-0.4, -0.2) is 43.9 Å². The van der Waals surface area contributed by atoms with Gasteiger partial charge in [0.1, 0.15) is 46.0 Å². The Morgan fingerprint density at radius 2 is 0.857 bits per heavy atom. The highest BCUT2D eigenvalue weighted by atomic mass is 16.6. The first-order valence-electron chi connectivity index (χ1n) is 17.5. The summed E-state index contributed by atoms with van der Waals surface area (Å²) in [4.78, 5) is 55.7. The summed E-state index contributed by atoms with van der Waals surface area (Å²) in [6.07, 6.45) is -0.857. The van der Waals surface area contributed by atoms with Gasteiger partial charge in [-0.05, 0) is 48.5 Å². The highest BCUT2D eigenvalue weighted by Gasteiger charge is 2.57. The molecule has 4 aliphatic rings. The molecule has 6 aromatic carbocycles. The van der Waals surface area contributed by atoms with E-state index >= 15 is 0 Å². The largest absolute Gasteiger partial charge is 0.508 e. The number of benzene rings is 6. The summed E-state index contributed by atoms with van der Waals surface area (Å²) in [5, 5.41) is 42.4. The van der Waals surface area contributed by atoms with Crippen molar-refractivity contribution < 1.29 is 58.6 Å². The van der Waals surface area contributed by atoms with Gasteiger partial charge < -0.3 is 39.4 Å². The first-order chi connectivity index (χ1) is 27.0. The molecule has 2 spiro atoms. The van der Waals surface area contributed by atoms with Crippen LogP contribution in [0.1, 0.15) is 87.7 Å². The topological polar surface area (TPSA) is 186 Å². The number of rotatable bonds is 5. The molecule has 0 aliphatic carbocycles. The standard InChI is InChI=1S/C44H26O12/c45-21-9-11-31-35(17-21)53-37-19-23(47)15-27(39(37)43(31)29-7-3-1-5-25(29)41(51)55-43)33(49)13-14-34(50)28-16-24(48)20-38-40(28)44(32-12-10-22(46)18-36(32)54-38)30-8-4-2-6-26(30)42(52)56-44/h1-12,15-20,45-48H,13-14H2. The van der Waals surface area contributed by atoms with E-state index in [-0.39, 0.29) is 79.4 Å². The number of carbonyl (C=O) groups is 4. The van der Waals surface area contributed by atoms with Crippen molar-refractivity contribution >= 4 is 23.5 Å². The van der Waals surface area contributed by atoms with Crippen LogP contribution in [0, 0.1) is 0 Å². The van der Waals surface area contributed by atoms with Gasteiger partial charge in [-0.2, -0.15) is 0 Å². The molecule has 0 fully saturated rings. The zero-order chi connectivity index (χ0) is 38.7. The molecule has 4 heterocycles. The number of aromatic hydroxyl groups is 4. The third-order valence-corrected chi connectivity index (χ3v) is 10.7. The second-order valence-electron chi connectivity index (χ2n) is 13.9. The minimum absolute atomic E-state index is 0.00478. The van der Waals surface area contributed by atoms with Gasteiger partial charge in [0, 0.05) is 70.5 Å². The maximum Gasteiger partial charge on any atom is 0.340 e. The molecule has 12 nitrogen and oxygen atoms in total. The lowest BCUT2D eigenvalue weighted by molar-refractivity contribution is 0.0210. The second-order valence-corrected chi connectivity index (χ2v) is 13.9. The van der Waals surface area contributed by atoms with Gasteiger partial charge >= 0.3 is 11.9 Å². The van der Waals surface area contributed by atoms with E-state index in [1.807, 2.05) is 0 Å². The van der Waals surface area contributed by atoms with Crippen molar-refractivity contribution in [1.82, 2.24) is 0 Å². The van der Waals surface area contributed by atoms with Crippen LogP contribution in [-0.2, 0) is 20.7 Å².